The average Bonchev–Trinajstić information content (AvgIpc) is 2.96. The van der Waals surface area contributed by atoms with Gasteiger partial charge >= 0.3 is 0 Å². The molecule has 0 unspecified atom stereocenters. The number of aliphatic hydroxyl groups is 1. The Bertz CT molecular complexity index is 458. The molecule has 2 heterocycles. The highest BCUT2D eigenvalue weighted by atomic mass is 32.1. The zero-order chi connectivity index (χ0) is 15.2. The zero-order valence-electron chi connectivity index (χ0n) is 12.6. The van der Waals surface area contributed by atoms with Crippen molar-refractivity contribution in [2.75, 3.05) is 39.8 Å². The van der Waals surface area contributed by atoms with E-state index < -0.39 is 0 Å². The Morgan fingerprint density at radius 2 is 2.19 bits per heavy atom. The predicted molar refractivity (Wildman–Crippen MR) is 81.5 cm³/mol. The predicted octanol–water partition coefficient (Wildman–Crippen LogP) is 0.818. The fourth-order valence-electron chi connectivity index (χ4n) is 2.32. The van der Waals surface area contributed by atoms with E-state index in [-0.39, 0.29) is 12.0 Å². The second-order valence-electron chi connectivity index (χ2n) is 5.21. The Kier molecular flexibility index (Phi) is 6.10. The van der Waals surface area contributed by atoms with E-state index in [0.29, 0.717) is 31.9 Å². The Morgan fingerprint density at radius 3 is 2.81 bits per heavy atom. The molecule has 2 rings (SSSR count). The van der Waals surface area contributed by atoms with E-state index >= 15 is 0 Å². The zero-order valence-corrected chi connectivity index (χ0v) is 13.4. The van der Waals surface area contributed by atoms with Gasteiger partial charge in [0.05, 0.1) is 12.7 Å². The minimum Gasteiger partial charge on any atom is -0.392 e. The lowest BCUT2D eigenvalue weighted by Crippen LogP contribution is -2.50. The molecule has 0 radical (unpaired) electrons. The second kappa shape index (κ2) is 7.84. The second-order valence-corrected chi connectivity index (χ2v) is 6.16. The monoisotopic (exact) mass is 313 g/mol. The van der Waals surface area contributed by atoms with Crippen LogP contribution in [0.25, 0.3) is 0 Å². The van der Waals surface area contributed by atoms with Crippen molar-refractivity contribution in [2.24, 2.45) is 0 Å². The first-order valence-electron chi connectivity index (χ1n) is 7.27. The van der Waals surface area contributed by atoms with E-state index in [1.807, 2.05) is 11.8 Å². The topological polar surface area (TPSA) is 65.9 Å². The number of thiazole rings is 1. The van der Waals surface area contributed by atoms with Gasteiger partial charge in [0.15, 0.2) is 0 Å². The first kappa shape index (κ1) is 16.4. The van der Waals surface area contributed by atoms with Crippen molar-refractivity contribution in [3.8, 4) is 0 Å². The molecule has 6 nitrogen and oxygen atoms in total. The van der Waals surface area contributed by atoms with Crippen LogP contribution in [0.15, 0.2) is 5.38 Å². The van der Waals surface area contributed by atoms with Gasteiger partial charge in [0, 0.05) is 45.2 Å². The van der Waals surface area contributed by atoms with Crippen LogP contribution in [-0.4, -0.2) is 71.7 Å². The minimum atomic E-state index is -0.276. The number of β-amino-alcohol motifs (C(OH)–C–C–N with tert-alkyl or cyclic N) is 1. The van der Waals surface area contributed by atoms with Crippen LogP contribution in [0.1, 0.15) is 28.8 Å². The van der Waals surface area contributed by atoms with Crippen LogP contribution in [0.2, 0.25) is 0 Å². The summed E-state index contributed by atoms with van der Waals surface area (Å²) in [6.45, 7) is 6.09. The molecule has 0 saturated carbocycles. The van der Waals surface area contributed by atoms with Crippen molar-refractivity contribution in [1.29, 1.82) is 0 Å². The Labute approximate surface area is 129 Å². The summed E-state index contributed by atoms with van der Waals surface area (Å²) in [5.41, 5.74) is 0.508. The molecule has 118 valence electrons. The molecule has 0 bridgehead atoms. The number of aromatic nitrogens is 1. The fraction of sp³-hybridized carbons (Fsp3) is 0.714. The van der Waals surface area contributed by atoms with Gasteiger partial charge in [-0.25, -0.2) is 4.98 Å². The van der Waals surface area contributed by atoms with E-state index in [4.69, 9.17) is 4.74 Å². The van der Waals surface area contributed by atoms with Gasteiger partial charge in [-0.1, -0.05) is 6.92 Å². The van der Waals surface area contributed by atoms with Crippen LogP contribution in [-0.2, 0) is 11.3 Å². The van der Waals surface area contributed by atoms with Gasteiger partial charge < -0.3 is 14.7 Å². The van der Waals surface area contributed by atoms with Gasteiger partial charge in [0.1, 0.15) is 10.7 Å². The molecular formula is C14H23N3O3S. The summed E-state index contributed by atoms with van der Waals surface area (Å²) >= 11 is 1.45. The third-order valence-corrected chi connectivity index (χ3v) is 4.46. The van der Waals surface area contributed by atoms with E-state index in [2.05, 4.69) is 9.88 Å². The molecule has 1 N–H and O–H groups in total. The van der Waals surface area contributed by atoms with Gasteiger partial charge in [-0.15, -0.1) is 11.3 Å². The number of ether oxygens (including phenoxy) is 1. The van der Waals surface area contributed by atoms with E-state index in [9.17, 15) is 9.90 Å². The largest absolute Gasteiger partial charge is 0.392 e. The standard InChI is InChI=1S/C14H23N3O3S/c1-3-11(18)8-16-4-6-17(7-5-16)14(19)12-10-21-13(15-12)9-20-2/h10-11,18H,3-9H2,1-2H3/t11-/m0/s1. The molecule has 1 aromatic heterocycles. The molecule has 1 saturated heterocycles. The first-order chi connectivity index (χ1) is 10.1. The van der Waals surface area contributed by atoms with Crippen molar-refractivity contribution in [3.05, 3.63) is 16.1 Å². The molecular weight excluding hydrogens is 290 g/mol. The van der Waals surface area contributed by atoms with Crippen molar-refractivity contribution in [3.63, 3.8) is 0 Å². The van der Waals surface area contributed by atoms with E-state index in [1.165, 1.54) is 11.3 Å². The number of hydrogen-bond donors (Lipinski definition) is 1. The van der Waals surface area contributed by atoms with Crippen molar-refractivity contribution in [2.45, 2.75) is 26.1 Å². The molecule has 21 heavy (non-hydrogen) atoms. The smallest absolute Gasteiger partial charge is 0.273 e. The van der Waals surface area contributed by atoms with Gasteiger partial charge in [-0.3, -0.25) is 9.69 Å². The third kappa shape index (κ3) is 4.47. The van der Waals surface area contributed by atoms with Crippen LogP contribution in [0.4, 0.5) is 0 Å². The number of rotatable bonds is 6. The Morgan fingerprint density at radius 1 is 1.48 bits per heavy atom. The van der Waals surface area contributed by atoms with E-state index in [1.54, 1.807) is 12.5 Å². The Hall–Kier alpha value is -1.02. The third-order valence-electron chi connectivity index (χ3n) is 3.64. The van der Waals surface area contributed by atoms with Crippen LogP contribution >= 0.6 is 11.3 Å². The normalized spacial score (nSPS) is 18.0. The SMILES string of the molecule is CC[C@H](O)CN1CCN(C(=O)c2csc(COC)n2)CC1. The Balaban J connectivity index is 1.84. The summed E-state index contributed by atoms with van der Waals surface area (Å²) in [6, 6.07) is 0. The van der Waals surface area contributed by atoms with Crippen LogP contribution in [0, 0.1) is 0 Å². The number of carbonyl (C=O) groups excluding carboxylic acids is 1. The molecule has 7 heteroatoms. The summed E-state index contributed by atoms with van der Waals surface area (Å²) in [6.07, 6.45) is 0.489. The van der Waals surface area contributed by atoms with Crippen LogP contribution in [0.3, 0.4) is 0 Å². The van der Waals surface area contributed by atoms with Crippen molar-refractivity contribution in [1.82, 2.24) is 14.8 Å². The number of methoxy groups -OCH3 is 1. The molecule has 1 aliphatic heterocycles. The molecule has 0 aromatic carbocycles. The van der Waals surface area contributed by atoms with Crippen LogP contribution < -0.4 is 0 Å². The maximum atomic E-state index is 12.4. The molecule has 1 amide bonds. The quantitative estimate of drug-likeness (QED) is 0.842. The number of carbonyl (C=O) groups is 1. The lowest BCUT2D eigenvalue weighted by atomic mass is 10.2. The average molecular weight is 313 g/mol. The number of amides is 1. The van der Waals surface area contributed by atoms with Gasteiger partial charge in [-0.05, 0) is 6.42 Å². The van der Waals surface area contributed by atoms with Gasteiger partial charge in [0.2, 0.25) is 0 Å². The number of nitrogens with zero attached hydrogens (tertiary/aromatic N) is 3. The highest BCUT2D eigenvalue weighted by Crippen LogP contribution is 2.14. The summed E-state index contributed by atoms with van der Waals surface area (Å²) in [5, 5.41) is 12.3. The first-order valence-corrected chi connectivity index (χ1v) is 8.15. The molecule has 1 atom stereocenters. The lowest BCUT2D eigenvalue weighted by molar-refractivity contribution is 0.0519. The highest BCUT2D eigenvalue weighted by molar-refractivity contribution is 7.09. The molecule has 1 aliphatic rings. The lowest BCUT2D eigenvalue weighted by Gasteiger charge is -2.35. The molecule has 1 fully saturated rings. The highest BCUT2D eigenvalue weighted by Gasteiger charge is 2.24. The number of hydrogen-bond acceptors (Lipinski definition) is 6. The van der Waals surface area contributed by atoms with Crippen molar-refractivity contribution >= 4 is 17.2 Å². The van der Waals surface area contributed by atoms with Gasteiger partial charge in [-0.2, -0.15) is 0 Å². The number of piperazine rings is 1. The van der Waals surface area contributed by atoms with Crippen LogP contribution in [0.5, 0.6) is 0 Å². The summed E-state index contributed by atoms with van der Waals surface area (Å²) in [7, 11) is 1.62. The number of aliphatic hydroxyl groups excluding tert-OH is 1. The maximum Gasteiger partial charge on any atom is 0.273 e. The maximum absolute atomic E-state index is 12.4. The molecule has 0 spiro atoms. The molecule has 1 aromatic rings. The minimum absolute atomic E-state index is 0.00991. The molecule has 0 aliphatic carbocycles. The van der Waals surface area contributed by atoms with Gasteiger partial charge in [0.25, 0.3) is 5.91 Å². The summed E-state index contributed by atoms with van der Waals surface area (Å²) in [5.74, 6) is -0.00991. The summed E-state index contributed by atoms with van der Waals surface area (Å²) in [4.78, 5) is 20.7. The fourth-order valence-corrected chi connectivity index (χ4v) is 3.06. The summed E-state index contributed by atoms with van der Waals surface area (Å²) < 4.78 is 5.02. The van der Waals surface area contributed by atoms with Crippen molar-refractivity contribution < 1.29 is 14.6 Å². The van der Waals surface area contributed by atoms with E-state index in [0.717, 1.165) is 24.5 Å².